The fourth-order valence-corrected chi connectivity index (χ4v) is 2.38. The summed E-state index contributed by atoms with van der Waals surface area (Å²) < 4.78 is 32.7. The van der Waals surface area contributed by atoms with Gasteiger partial charge in [0.2, 0.25) is 0 Å². The zero-order valence-electron chi connectivity index (χ0n) is 10.6. The largest absolute Gasteiger partial charge is 0.379 e. The van der Waals surface area contributed by atoms with Gasteiger partial charge < -0.3 is 10.1 Å². The first-order valence-electron chi connectivity index (χ1n) is 6.31. The van der Waals surface area contributed by atoms with E-state index in [0.29, 0.717) is 11.0 Å². The number of nitrogens with zero attached hydrogens (tertiary/aromatic N) is 1. The molecule has 1 saturated heterocycles. The molecule has 0 bridgehead atoms. The van der Waals surface area contributed by atoms with Gasteiger partial charge in [0.05, 0.1) is 17.7 Å². The Morgan fingerprint density at radius 3 is 2.74 bits per heavy atom. The molecule has 1 heterocycles. The van der Waals surface area contributed by atoms with E-state index in [1.54, 1.807) is 0 Å². The highest BCUT2D eigenvalue weighted by Gasteiger charge is 2.12. The van der Waals surface area contributed by atoms with Crippen molar-refractivity contribution >= 4 is 15.9 Å². The predicted molar refractivity (Wildman–Crippen MR) is 73.0 cm³/mol. The fraction of sp³-hybridized carbons (Fsp3) is 0.538. The van der Waals surface area contributed by atoms with Gasteiger partial charge in [-0.05, 0) is 28.1 Å². The summed E-state index contributed by atoms with van der Waals surface area (Å²) in [7, 11) is 0. The van der Waals surface area contributed by atoms with Crippen molar-refractivity contribution < 1.29 is 13.5 Å². The number of ether oxygens (including phenoxy) is 1. The molecule has 0 amide bonds. The Morgan fingerprint density at radius 1 is 1.26 bits per heavy atom. The average Bonchev–Trinajstić information content (AvgIpc) is 2.43. The Labute approximate surface area is 120 Å². The zero-order chi connectivity index (χ0) is 13.7. The third-order valence-electron chi connectivity index (χ3n) is 3.15. The molecule has 1 aromatic rings. The normalized spacial score (nSPS) is 16.8. The first-order valence-corrected chi connectivity index (χ1v) is 7.11. The molecule has 0 radical (unpaired) electrons. The summed E-state index contributed by atoms with van der Waals surface area (Å²) in [5.41, 5.74) is 0.0800. The maximum Gasteiger partial charge on any atom is 0.144 e. The standard InChI is InChI=1S/C13H17BrF2N2O/c14-11-1-2-12(15)10(13(11)16)9-17-3-4-18-5-7-19-8-6-18/h1-2,17H,3-9H2. The van der Waals surface area contributed by atoms with Gasteiger partial charge in [-0.2, -0.15) is 0 Å². The number of hydrogen-bond acceptors (Lipinski definition) is 3. The van der Waals surface area contributed by atoms with E-state index in [9.17, 15) is 8.78 Å². The zero-order valence-corrected chi connectivity index (χ0v) is 12.2. The van der Waals surface area contributed by atoms with Crippen molar-refractivity contribution in [3.8, 4) is 0 Å². The lowest BCUT2D eigenvalue weighted by Gasteiger charge is -2.26. The second-order valence-electron chi connectivity index (χ2n) is 4.45. The molecule has 3 nitrogen and oxygen atoms in total. The maximum absolute atomic E-state index is 13.7. The lowest BCUT2D eigenvalue weighted by molar-refractivity contribution is 0.0384. The number of rotatable bonds is 5. The minimum absolute atomic E-state index is 0.0800. The minimum Gasteiger partial charge on any atom is -0.379 e. The van der Waals surface area contributed by atoms with E-state index in [1.807, 2.05) is 0 Å². The monoisotopic (exact) mass is 334 g/mol. The summed E-state index contributed by atoms with van der Waals surface area (Å²) >= 11 is 3.06. The molecule has 0 unspecified atom stereocenters. The molecule has 1 aromatic carbocycles. The van der Waals surface area contributed by atoms with Crippen molar-refractivity contribution in [2.75, 3.05) is 39.4 Å². The van der Waals surface area contributed by atoms with Crippen LogP contribution in [-0.4, -0.2) is 44.3 Å². The van der Waals surface area contributed by atoms with Crippen LogP contribution in [0.5, 0.6) is 0 Å². The van der Waals surface area contributed by atoms with Crippen LogP contribution in [0.4, 0.5) is 8.78 Å². The van der Waals surface area contributed by atoms with Crippen LogP contribution >= 0.6 is 15.9 Å². The molecule has 0 aliphatic carbocycles. The molecule has 0 aromatic heterocycles. The summed E-state index contributed by atoms with van der Waals surface area (Å²) in [6, 6.07) is 2.65. The number of nitrogens with one attached hydrogen (secondary N) is 1. The molecule has 6 heteroatoms. The minimum atomic E-state index is -0.529. The Kier molecular flexibility index (Phi) is 5.69. The summed E-state index contributed by atoms with van der Waals surface area (Å²) in [5, 5.41) is 3.07. The third kappa shape index (κ3) is 4.21. The molecule has 1 N–H and O–H groups in total. The van der Waals surface area contributed by atoms with Gasteiger partial charge in [-0.15, -0.1) is 0 Å². The molecule has 19 heavy (non-hydrogen) atoms. The molecule has 0 saturated carbocycles. The van der Waals surface area contributed by atoms with E-state index in [1.165, 1.54) is 12.1 Å². The first kappa shape index (κ1) is 14.8. The van der Waals surface area contributed by atoms with Crippen LogP contribution < -0.4 is 5.32 Å². The number of morpholine rings is 1. The fourth-order valence-electron chi connectivity index (χ4n) is 2.01. The molecular weight excluding hydrogens is 318 g/mol. The van der Waals surface area contributed by atoms with E-state index < -0.39 is 11.6 Å². The van der Waals surface area contributed by atoms with Gasteiger partial charge in [0.1, 0.15) is 11.6 Å². The topological polar surface area (TPSA) is 24.5 Å². The number of benzene rings is 1. The molecule has 0 atom stereocenters. The third-order valence-corrected chi connectivity index (χ3v) is 3.76. The molecule has 106 valence electrons. The highest BCUT2D eigenvalue weighted by molar-refractivity contribution is 9.10. The van der Waals surface area contributed by atoms with Crippen LogP contribution in [-0.2, 0) is 11.3 Å². The van der Waals surface area contributed by atoms with Crippen molar-refractivity contribution in [2.24, 2.45) is 0 Å². The van der Waals surface area contributed by atoms with Crippen LogP contribution in [0, 0.1) is 11.6 Å². The van der Waals surface area contributed by atoms with Crippen molar-refractivity contribution in [3.05, 3.63) is 33.8 Å². The molecule has 2 rings (SSSR count). The summed E-state index contributed by atoms with van der Waals surface area (Å²) in [6.45, 7) is 5.11. The van der Waals surface area contributed by atoms with E-state index in [-0.39, 0.29) is 12.1 Å². The van der Waals surface area contributed by atoms with E-state index in [0.717, 1.165) is 32.8 Å². The molecular formula is C13H17BrF2N2O. The van der Waals surface area contributed by atoms with E-state index in [4.69, 9.17) is 4.74 Å². The van der Waals surface area contributed by atoms with Gasteiger partial charge in [0.15, 0.2) is 0 Å². The SMILES string of the molecule is Fc1ccc(Br)c(F)c1CNCCN1CCOCC1. The Bertz CT molecular complexity index is 425. The van der Waals surface area contributed by atoms with Crippen LogP contribution in [0.2, 0.25) is 0 Å². The van der Waals surface area contributed by atoms with Gasteiger partial charge in [-0.1, -0.05) is 0 Å². The van der Waals surface area contributed by atoms with Crippen molar-refractivity contribution in [2.45, 2.75) is 6.54 Å². The Balaban J connectivity index is 1.77. The second kappa shape index (κ2) is 7.28. The highest BCUT2D eigenvalue weighted by Crippen LogP contribution is 2.21. The summed E-state index contributed by atoms with van der Waals surface area (Å²) in [5.74, 6) is -1.04. The average molecular weight is 335 g/mol. The first-order chi connectivity index (χ1) is 9.18. The quantitative estimate of drug-likeness (QED) is 0.659. The summed E-state index contributed by atoms with van der Waals surface area (Å²) in [6.07, 6.45) is 0. The summed E-state index contributed by atoms with van der Waals surface area (Å²) in [4.78, 5) is 2.27. The highest BCUT2D eigenvalue weighted by atomic mass is 79.9. The van der Waals surface area contributed by atoms with Crippen LogP contribution in [0.25, 0.3) is 0 Å². The maximum atomic E-state index is 13.7. The predicted octanol–water partition coefficient (Wildman–Crippen LogP) is 2.15. The van der Waals surface area contributed by atoms with Gasteiger partial charge in [-0.25, -0.2) is 8.78 Å². The molecule has 0 spiro atoms. The second-order valence-corrected chi connectivity index (χ2v) is 5.31. The molecule has 1 fully saturated rings. The lowest BCUT2D eigenvalue weighted by atomic mass is 10.2. The Hall–Kier alpha value is -0.560. The smallest absolute Gasteiger partial charge is 0.144 e. The van der Waals surface area contributed by atoms with Gasteiger partial charge >= 0.3 is 0 Å². The van der Waals surface area contributed by atoms with Crippen LogP contribution in [0.15, 0.2) is 16.6 Å². The Morgan fingerprint density at radius 2 is 2.00 bits per heavy atom. The molecule has 1 aliphatic heterocycles. The van der Waals surface area contributed by atoms with Crippen LogP contribution in [0.3, 0.4) is 0 Å². The van der Waals surface area contributed by atoms with Gasteiger partial charge in [0, 0.05) is 38.3 Å². The van der Waals surface area contributed by atoms with Gasteiger partial charge in [-0.3, -0.25) is 4.90 Å². The van der Waals surface area contributed by atoms with E-state index in [2.05, 4.69) is 26.1 Å². The van der Waals surface area contributed by atoms with Gasteiger partial charge in [0.25, 0.3) is 0 Å². The van der Waals surface area contributed by atoms with E-state index >= 15 is 0 Å². The van der Waals surface area contributed by atoms with Crippen molar-refractivity contribution in [3.63, 3.8) is 0 Å². The van der Waals surface area contributed by atoms with Crippen molar-refractivity contribution in [1.29, 1.82) is 0 Å². The number of hydrogen-bond donors (Lipinski definition) is 1. The van der Waals surface area contributed by atoms with Crippen LogP contribution in [0.1, 0.15) is 5.56 Å². The van der Waals surface area contributed by atoms with Crippen molar-refractivity contribution in [1.82, 2.24) is 10.2 Å². The lowest BCUT2D eigenvalue weighted by Crippen LogP contribution is -2.40. The number of halogens is 3. The molecule has 1 aliphatic rings.